The predicted molar refractivity (Wildman–Crippen MR) is 121 cm³/mol. The normalized spacial score (nSPS) is 23.4. The molecule has 0 fully saturated rings. The lowest BCUT2D eigenvalue weighted by Gasteiger charge is -2.44. The summed E-state index contributed by atoms with van der Waals surface area (Å²) in [4.78, 5) is 15.4. The van der Waals surface area contributed by atoms with Crippen molar-refractivity contribution in [1.29, 1.82) is 0 Å². The number of anilines is 1. The van der Waals surface area contributed by atoms with Crippen LogP contribution < -0.4 is 9.64 Å². The minimum atomic E-state index is -1.32. The lowest BCUT2D eigenvalue weighted by molar-refractivity contribution is -0.163. The van der Waals surface area contributed by atoms with Crippen molar-refractivity contribution in [1.82, 2.24) is 5.01 Å². The number of carbonyl (C=O) groups excluding carboxylic acids is 1. The number of para-hydroxylation sites is 1. The molecule has 3 heterocycles. The molecule has 2 atom stereocenters. The Balaban J connectivity index is 1.59. The number of fused-ring (bicyclic) bond motifs is 6. The molecule has 1 amide bonds. The van der Waals surface area contributed by atoms with E-state index in [1.165, 1.54) is 0 Å². The molecular weight excluding hydrogens is 410 g/mol. The molecule has 5 nitrogen and oxygen atoms in total. The number of rotatable bonds is 1. The predicted octanol–water partition coefficient (Wildman–Crippen LogP) is 5.02. The number of ether oxygens (including phenoxy) is 1. The Morgan fingerprint density at radius 2 is 1.87 bits per heavy atom. The molecule has 0 aliphatic carbocycles. The smallest absolute Gasteiger partial charge is 0.306 e. The highest BCUT2D eigenvalue weighted by Crippen LogP contribution is 2.55. The third kappa shape index (κ3) is 2.44. The molecule has 0 bridgehead atoms. The van der Waals surface area contributed by atoms with Crippen molar-refractivity contribution < 1.29 is 9.53 Å². The summed E-state index contributed by atoms with van der Waals surface area (Å²) < 4.78 is 6.57. The zero-order chi connectivity index (χ0) is 21.3. The SMILES string of the molecule is Cc1ccc2c(c1)[C@]1(Oc3ccccc3[C@@H]3CC(c4ccc(Cl)cc4)=NN31)C(=O)N2C. The number of benzene rings is 3. The van der Waals surface area contributed by atoms with Gasteiger partial charge in [0.1, 0.15) is 5.75 Å². The van der Waals surface area contributed by atoms with E-state index in [1.807, 2.05) is 72.6 Å². The van der Waals surface area contributed by atoms with Gasteiger partial charge in [0.15, 0.2) is 0 Å². The molecule has 3 aliphatic rings. The number of hydrogen-bond donors (Lipinski definition) is 0. The first kappa shape index (κ1) is 18.5. The van der Waals surface area contributed by atoms with Gasteiger partial charge in [0.25, 0.3) is 5.91 Å². The molecule has 0 saturated heterocycles. The monoisotopic (exact) mass is 429 g/mol. The van der Waals surface area contributed by atoms with Gasteiger partial charge in [-0.15, -0.1) is 0 Å². The van der Waals surface area contributed by atoms with E-state index in [9.17, 15) is 4.79 Å². The summed E-state index contributed by atoms with van der Waals surface area (Å²) in [5, 5.41) is 7.55. The van der Waals surface area contributed by atoms with Gasteiger partial charge in [-0.1, -0.05) is 53.6 Å². The van der Waals surface area contributed by atoms with Crippen molar-refractivity contribution in [3.05, 3.63) is 94.0 Å². The van der Waals surface area contributed by atoms with E-state index in [0.717, 1.165) is 39.4 Å². The maximum absolute atomic E-state index is 13.8. The minimum Gasteiger partial charge on any atom is -0.453 e. The highest BCUT2D eigenvalue weighted by Gasteiger charge is 2.62. The minimum absolute atomic E-state index is 0.0977. The van der Waals surface area contributed by atoms with E-state index in [1.54, 1.807) is 11.9 Å². The summed E-state index contributed by atoms with van der Waals surface area (Å²) in [5.41, 5.74) is 4.39. The van der Waals surface area contributed by atoms with Gasteiger partial charge in [0.2, 0.25) is 0 Å². The molecule has 6 rings (SSSR count). The second-order valence-corrected chi connectivity index (χ2v) is 8.72. The zero-order valence-electron chi connectivity index (χ0n) is 17.2. The zero-order valence-corrected chi connectivity index (χ0v) is 17.9. The topological polar surface area (TPSA) is 45.1 Å². The fourth-order valence-corrected chi connectivity index (χ4v) is 5.03. The van der Waals surface area contributed by atoms with E-state index < -0.39 is 5.72 Å². The molecule has 3 aliphatic heterocycles. The lowest BCUT2D eigenvalue weighted by atomic mass is 9.92. The molecule has 0 saturated carbocycles. The molecule has 0 aromatic heterocycles. The van der Waals surface area contributed by atoms with Crippen molar-refractivity contribution in [3.8, 4) is 5.75 Å². The third-order valence-electron chi connectivity index (χ3n) is 6.42. The summed E-state index contributed by atoms with van der Waals surface area (Å²) in [6.45, 7) is 2.03. The quantitative estimate of drug-likeness (QED) is 0.545. The van der Waals surface area contributed by atoms with E-state index in [-0.39, 0.29) is 11.9 Å². The van der Waals surface area contributed by atoms with Crippen molar-refractivity contribution in [2.75, 3.05) is 11.9 Å². The van der Waals surface area contributed by atoms with E-state index in [2.05, 4.69) is 6.07 Å². The van der Waals surface area contributed by atoms with E-state index in [4.69, 9.17) is 21.4 Å². The average Bonchev–Trinajstić information content (AvgIpc) is 3.31. The summed E-state index contributed by atoms with van der Waals surface area (Å²) in [6.07, 6.45) is 0.682. The number of halogens is 1. The van der Waals surface area contributed by atoms with Crippen LogP contribution in [0.1, 0.15) is 34.7 Å². The van der Waals surface area contributed by atoms with Crippen LogP contribution in [0.25, 0.3) is 0 Å². The van der Waals surface area contributed by atoms with Crippen LogP contribution >= 0.6 is 11.6 Å². The van der Waals surface area contributed by atoms with Crippen LogP contribution in [0, 0.1) is 6.92 Å². The van der Waals surface area contributed by atoms with Crippen molar-refractivity contribution in [2.45, 2.75) is 25.1 Å². The second-order valence-electron chi connectivity index (χ2n) is 8.29. The standard InChI is InChI=1S/C25H20ClN3O2/c1-15-7-12-21-19(13-15)25(24(30)28(21)2)29-22(18-5-3-4-6-23(18)31-25)14-20(27-29)16-8-10-17(26)11-9-16/h3-13,22H,14H2,1-2H3/t22-,25-/m0/s1. The van der Waals surface area contributed by atoms with Crippen LogP contribution in [0.15, 0.2) is 71.8 Å². The molecule has 6 heteroatoms. The number of aryl methyl sites for hydroxylation is 1. The summed E-state index contributed by atoms with van der Waals surface area (Å²) in [7, 11) is 1.80. The van der Waals surface area contributed by atoms with Gasteiger partial charge in [-0.25, -0.2) is 5.01 Å². The van der Waals surface area contributed by atoms with Gasteiger partial charge in [-0.05, 0) is 42.8 Å². The highest BCUT2D eigenvalue weighted by molar-refractivity contribution is 6.30. The van der Waals surface area contributed by atoms with Crippen LogP contribution in [-0.4, -0.2) is 23.7 Å². The number of hydrazone groups is 1. The Morgan fingerprint density at radius 1 is 1.10 bits per heavy atom. The molecule has 154 valence electrons. The molecule has 0 radical (unpaired) electrons. The van der Waals surface area contributed by atoms with Crippen LogP contribution in [0.2, 0.25) is 5.02 Å². The van der Waals surface area contributed by atoms with Crippen molar-refractivity contribution in [3.63, 3.8) is 0 Å². The summed E-state index contributed by atoms with van der Waals surface area (Å²) in [5.74, 6) is 0.598. The number of nitrogens with zero attached hydrogens (tertiary/aromatic N) is 3. The van der Waals surface area contributed by atoms with Crippen LogP contribution in [0.4, 0.5) is 5.69 Å². The van der Waals surface area contributed by atoms with Crippen molar-refractivity contribution in [2.24, 2.45) is 5.10 Å². The molecule has 0 N–H and O–H groups in total. The third-order valence-corrected chi connectivity index (χ3v) is 6.67. The lowest BCUT2D eigenvalue weighted by Crippen LogP contribution is -2.56. The van der Waals surface area contributed by atoms with Gasteiger partial charge in [0, 0.05) is 24.1 Å². The first-order valence-electron chi connectivity index (χ1n) is 10.3. The van der Waals surface area contributed by atoms with Gasteiger partial charge in [0.05, 0.1) is 23.0 Å². The van der Waals surface area contributed by atoms with Gasteiger partial charge < -0.3 is 9.64 Å². The van der Waals surface area contributed by atoms with Gasteiger partial charge in [-0.2, -0.15) is 5.10 Å². The molecule has 1 spiro atoms. The molecule has 3 aromatic carbocycles. The Bertz CT molecular complexity index is 1270. The molecule has 0 unspecified atom stereocenters. The first-order chi connectivity index (χ1) is 15.0. The Kier molecular flexibility index (Phi) is 3.78. The Hall–Kier alpha value is -3.31. The van der Waals surface area contributed by atoms with Crippen molar-refractivity contribution >= 4 is 28.9 Å². The fraction of sp³-hybridized carbons (Fsp3) is 0.200. The molecular formula is C25H20ClN3O2. The van der Waals surface area contributed by atoms with E-state index >= 15 is 0 Å². The Morgan fingerprint density at radius 3 is 2.68 bits per heavy atom. The number of carbonyl (C=O) groups is 1. The fourth-order valence-electron chi connectivity index (χ4n) is 4.90. The molecule has 3 aromatic rings. The number of amides is 1. The van der Waals surface area contributed by atoms with Gasteiger partial charge >= 0.3 is 5.72 Å². The Labute approximate surface area is 185 Å². The van der Waals surface area contributed by atoms with Crippen LogP contribution in [0.5, 0.6) is 5.75 Å². The first-order valence-corrected chi connectivity index (χ1v) is 10.7. The van der Waals surface area contributed by atoms with Crippen LogP contribution in [0.3, 0.4) is 0 Å². The van der Waals surface area contributed by atoms with Crippen LogP contribution in [-0.2, 0) is 10.5 Å². The highest BCUT2D eigenvalue weighted by atomic mass is 35.5. The van der Waals surface area contributed by atoms with Gasteiger partial charge in [-0.3, -0.25) is 4.79 Å². The largest absolute Gasteiger partial charge is 0.453 e. The number of likely N-dealkylation sites (N-methyl/N-ethyl adjacent to an activating group) is 1. The maximum Gasteiger partial charge on any atom is 0.306 e. The summed E-state index contributed by atoms with van der Waals surface area (Å²) in [6, 6.07) is 21.6. The summed E-state index contributed by atoms with van der Waals surface area (Å²) >= 11 is 6.09. The average molecular weight is 430 g/mol. The maximum atomic E-state index is 13.8. The second kappa shape index (κ2) is 6.34. The van der Waals surface area contributed by atoms with E-state index in [0.29, 0.717) is 11.4 Å². The number of hydrogen-bond acceptors (Lipinski definition) is 4. The molecule has 31 heavy (non-hydrogen) atoms.